The van der Waals surface area contributed by atoms with Gasteiger partial charge in [-0.25, -0.2) is 4.79 Å². The molecule has 168 valence electrons. The summed E-state index contributed by atoms with van der Waals surface area (Å²) in [6, 6.07) is -3.59. The number of ether oxygens (including phenoxy) is 2. The van der Waals surface area contributed by atoms with Crippen molar-refractivity contribution in [3.63, 3.8) is 0 Å². The monoisotopic (exact) mass is 421 g/mol. The summed E-state index contributed by atoms with van der Waals surface area (Å²) in [5.74, 6) is -2.47. The summed E-state index contributed by atoms with van der Waals surface area (Å²) >= 11 is 0. The van der Waals surface area contributed by atoms with E-state index in [1.165, 1.54) is 6.92 Å². The van der Waals surface area contributed by atoms with Crippen LogP contribution in [0, 0.1) is 5.92 Å². The molecular weight excluding hydrogens is 390 g/mol. The number of hydrogen-bond acceptors (Lipinski definition) is 9. The highest BCUT2D eigenvalue weighted by Gasteiger charge is 2.45. The molecule has 8 N–H and O–H groups in total. The summed E-state index contributed by atoms with van der Waals surface area (Å²) in [4.78, 5) is 35.0. The SMILES string of the molecule is CC(=O)NC1C(OCC(NC(=O)C(N)CC(C)C)C(=O)O)OC(CO)C(O)C1O. The topological polar surface area (TPSA) is 201 Å². The zero-order chi connectivity index (χ0) is 22.3. The van der Waals surface area contributed by atoms with E-state index in [1.54, 1.807) is 0 Å². The third kappa shape index (κ3) is 7.49. The largest absolute Gasteiger partial charge is 0.480 e. The van der Waals surface area contributed by atoms with Gasteiger partial charge in [-0.3, -0.25) is 9.59 Å². The lowest BCUT2D eigenvalue weighted by Gasteiger charge is -2.42. The highest BCUT2D eigenvalue weighted by atomic mass is 16.7. The number of nitrogens with one attached hydrogen (secondary N) is 2. The van der Waals surface area contributed by atoms with Crippen LogP contribution in [0.25, 0.3) is 0 Å². The van der Waals surface area contributed by atoms with Crippen LogP contribution < -0.4 is 16.4 Å². The molecular formula is C17H31N3O9. The zero-order valence-electron chi connectivity index (χ0n) is 16.6. The van der Waals surface area contributed by atoms with E-state index in [9.17, 15) is 34.8 Å². The van der Waals surface area contributed by atoms with E-state index >= 15 is 0 Å². The first-order chi connectivity index (χ1) is 13.5. The van der Waals surface area contributed by atoms with Gasteiger partial charge in [-0.05, 0) is 12.3 Å². The Morgan fingerprint density at radius 1 is 1.21 bits per heavy atom. The summed E-state index contributed by atoms with van der Waals surface area (Å²) in [6.07, 6.45) is -5.26. The summed E-state index contributed by atoms with van der Waals surface area (Å²) in [5.41, 5.74) is 5.75. The predicted molar refractivity (Wildman–Crippen MR) is 98.3 cm³/mol. The van der Waals surface area contributed by atoms with Crippen molar-refractivity contribution in [2.24, 2.45) is 11.7 Å². The highest BCUT2D eigenvalue weighted by molar-refractivity contribution is 5.86. The van der Waals surface area contributed by atoms with Crippen molar-refractivity contribution in [1.82, 2.24) is 10.6 Å². The minimum atomic E-state index is -1.54. The van der Waals surface area contributed by atoms with Gasteiger partial charge in [-0.15, -0.1) is 0 Å². The van der Waals surface area contributed by atoms with Crippen LogP contribution in [0.15, 0.2) is 0 Å². The molecule has 12 heteroatoms. The fourth-order valence-electron chi connectivity index (χ4n) is 2.87. The minimum Gasteiger partial charge on any atom is -0.480 e. The number of nitrogens with two attached hydrogens (primary N) is 1. The average Bonchev–Trinajstić information content (AvgIpc) is 2.62. The first-order valence-corrected chi connectivity index (χ1v) is 9.27. The normalized spacial score (nSPS) is 29.2. The summed E-state index contributed by atoms with van der Waals surface area (Å²) in [6.45, 7) is 3.69. The lowest BCUT2D eigenvalue weighted by Crippen LogP contribution is -2.65. The molecule has 0 aromatic carbocycles. The second-order valence-electron chi connectivity index (χ2n) is 7.40. The smallest absolute Gasteiger partial charge is 0.328 e. The Kier molecular flexibility index (Phi) is 9.89. The number of aliphatic hydroxyl groups excluding tert-OH is 3. The third-order valence-corrected chi connectivity index (χ3v) is 4.35. The summed E-state index contributed by atoms with van der Waals surface area (Å²) < 4.78 is 10.7. The number of rotatable bonds is 10. The first-order valence-electron chi connectivity index (χ1n) is 9.27. The first kappa shape index (κ1) is 25.2. The number of amides is 2. The molecule has 1 rings (SSSR count). The van der Waals surface area contributed by atoms with Gasteiger partial charge in [0.2, 0.25) is 11.8 Å². The van der Waals surface area contributed by atoms with Crippen LogP contribution in [0.2, 0.25) is 0 Å². The quantitative estimate of drug-likeness (QED) is 0.189. The molecule has 29 heavy (non-hydrogen) atoms. The van der Waals surface area contributed by atoms with Crippen LogP contribution in [0.5, 0.6) is 0 Å². The Morgan fingerprint density at radius 2 is 1.83 bits per heavy atom. The maximum absolute atomic E-state index is 12.1. The van der Waals surface area contributed by atoms with Gasteiger partial charge in [0, 0.05) is 6.92 Å². The number of carbonyl (C=O) groups is 3. The molecule has 1 aliphatic heterocycles. The van der Waals surface area contributed by atoms with Crippen molar-refractivity contribution in [3.05, 3.63) is 0 Å². The molecule has 0 bridgehead atoms. The lowest BCUT2D eigenvalue weighted by atomic mass is 9.97. The molecule has 1 aliphatic rings. The minimum absolute atomic E-state index is 0.132. The van der Waals surface area contributed by atoms with E-state index in [0.29, 0.717) is 6.42 Å². The number of carboxylic acids is 1. The van der Waals surface area contributed by atoms with Gasteiger partial charge in [0.25, 0.3) is 0 Å². The molecule has 0 spiro atoms. The molecule has 7 unspecified atom stereocenters. The number of carboxylic acid groups (broad SMARTS) is 1. The number of carbonyl (C=O) groups excluding carboxylic acids is 2. The zero-order valence-corrected chi connectivity index (χ0v) is 16.6. The highest BCUT2D eigenvalue weighted by Crippen LogP contribution is 2.22. The molecule has 0 aromatic heterocycles. The summed E-state index contributed by atoms with van der Waals surface area (Å²) in [5, 5.41) is 43.4. The van der Waals surface area contributed by atoms with Crippen molar-refractivity contribution in [3.8, 4) is 0 Å². The summed E-state index contributed by atoms with van der Waals surface area (Å²) in [7, 11) is 0. The molecule has 0 radical (unpaired) electrons. The van der Waals surface area contributed by atoms with E-state index in [1.807, 2.05) is 13.8 Å². The van der Waals surface area contributed by atoms with Gasteiger partial charge in [-0.1, -0.05) is 13.8 Å². The number of aliphatic hydroxyl groups is 3. The van der Waals surface area contributed by atoms with Crippen LogP contribution in [0.4, 0.5) is 0 Å². The van der Waals surface area contributed by atoms with E-state index < -0.39 is 73.7 Å². The maximum Gasteiger partial charge on any atom is 0.328 e. The number of aliphatic carboxylic acids is 1. The molecule has 0 saturated carbocycles. The van der Waals surface area contributed by atoms with Crippen molar-refractivity contribution in [2.75, 3.05) is 13.2 Å². The van der Waals surface area contributed by atoms with Crippen molar-refractivity contribution >= 4 is 17.8 Å². The van der Waals surface area contributed by atoms with Crippen molar-refractivity contribution in [2.45, 2.75) is 69.9 Å². The fraction of sp³-hybridized carbons (Fsp3) is 0.824. The molecule has 2 amide bonds. The van der Waals surface area contributed by atoms with Gasteiger partial charge in [0.15, 0.2) is 12.3 Å². The van der Waals surface area contributed by atoms with E-state index in [4.69, 9.17) is 15.2 Å². The molecule has 7 atom stereocenters. The standard InChI is InChI=1S/C17H31N3O9/c1-7(2)4-9(18)15(25)20-10(16(26)27)6-28-17-12(19-8(3)22)14(24)13(23)11(5-21)29-17/h7,9-14,17,21,23-24H,4-6,18H2,1-3H3,(H,19,22)(H,20,25)(H,26,27). The fourth-order valence-corrected chi connectivity index (χ4v) is 2.87. The third-order valence-electron chi connectivity index (χ3n) is 4.35. The van der Waals surface area contributed by atoms with Crippen LogP contribution in [-0.2, 0) is 23.9 Å². The van der Waals surface area contributed by atoms with Gasteiger partial charge in [0.05, 0.1) is 19.3 Å². The molecule has 0 aromatic rings. The second kappa shape index (κ2) is 11.4. The maximum atomic E-state index is 12.1. The average molecular weight is 421 g/mol. The second-order valence-corrected chi connectivity index (χ2v) is 7.40. The Bertz CT molecular complexity index is 574. The van der Waals surface area contributed by atoms with Crippen LogP contribution in [-0.4, -0.2) is 94.2 Å². The molecule has 1 fully saturated rings. The predicted octanol–water partition coefficient (Wildman–Crippen LogP) is -3.11. The van der Waals surface area contributed by atoms with Crippen LogP contribution >= 0.6 is 0 Å². The van der Waals surface area contributed by atoms with Crippen molar-refractivity contribution < 1.29 is 44.3 Å². The van der Waals surface area contributed by atoms with Crippen LogP contribution in [0.3, 0.4) is 0 Å². The van der Waals surface area contributed by atoms with E-state index in [-0.39, 0.29) is 5.92 Å². The Balaban J connectivity index is 2.82. The van der Waals surface area contributed by atoms with Crippen LogP contribution in [0.1, 0.15) is 27.2 Å². The Hall–Kier alpha value is -1.83. The van der Waals surface area contributed by atoms with Gasteiger partial charge >= 0.3 is 5.97 Å². The molecule has 0 aliphatic carbocycles. The van der Waals surface area contributed by atoms with Gasteiger partial charge < -0.3 is 46.3 Å². The Morgan fingerprint density at radius 3 is 2.31 bits per heavy atom. The molecule has 12 nitrogen and oxygen atoms in total. The molecule has 1 heterocycles. The van der Waals surface area contributed by atoms with Crippen molar-refractivity contribution in [1.29, 1.82) is 0 Å². The van der Waals surface area contributed by atoms with Gasteiger partial charge in [-0.2, -0.15) is 0 Å². The van der Waals surface area contributed by atoms with Gasteiger partial charge in [0.1, 0.15) is 24.4 Å². The van der Waals surface area contributed by atoms with E-state index in [0.717, 1.165) is 0 Å². The lowest BCUT2D eigenvalue weighted by molar-refractivity contribution is -0.271. The number of hydrogen-bond donors (Lipinski definition) is 7. The van der Waals surface area contributed by atoms with E-state index in [2.05, 4.69) is 10.6 Å². The Labute approximate surface area is 168 Å². The molecule has 1 saturated heterocycles.